The number of carbonyl (C=O) groups excluding carboxylic acids is 3. The molecule has 6 heteroatoms. The molecule has 0 radical (unpaired) electrons. The van der Waals surface area contributed by atoms with Gasteiger partial charge >= 0.3 is 17.9 Å². The molecule has 0 aliphatic heterocycles. The number of hydrogen-bond donors (Lipinski definition) is 0. The van der Waals surface area contributed by atoms with Crippen LogP contribution in [0.2, 0.25) is 0 Å². The van der Waals surface area contributed by atoms with E-state index in [1.807, 2.05) is 6.08 Å². The van der Waals surface area contributed by atoms with E-state index in [1.54, 1.807) is 0 Å². The predicted molar refractivity (Wildman–Crippen MR) is 353 cm³/mol. The Balaban J connectivity index is 4.21. The van der Waals surface area contributed by atoms with Gasteiger partial charge < -0.3 is 14.2 Å². The summed E-state index contributed by atoms with van der Waals surface area (Å²) in [7, 11) is 0. The van der Waals surface area contributed by atoms with E-state index in [0.29, 0.717) is 19.3 Å². The Bertz CT molecular complexity index is 1620. The van der Waals surface area contributed by atoms with Crippen LogP contribution in [0.25, 0.3) is 0 Å². The Morgan fingerprint density at radius 1 is 0.259 bits per heavy atom. The second kappa shape index (κ2) is 68.6. The minimum absolute atomic E-state index is 0.102. The van der Waals surface area contributed by atoms with Crippen molar-refractivity contribution in [3.05, 3.63) is 109 Å². The number of rotatable bonds is 62. The fourth-order valence-corrected chi connectivity index (χ4v) is 9.61. The summed E-state index contributed by atoms with van der Waals surface area (Å²) in [5.74, 6) is -0.986. The third-order valence-corrected chi connectivity index (χ3v) is 14.7. The fraction of sp³-hybridized carbons (Fsp3) is 0.720. The van der Waals surface area contributed by atoms with Crippen LogP contribution >= 0.6 is 0 Å². The molecule has 0 aromatic rings. The Morgan fingerprint density at radius 2 is 0.506 bits per heavy atom. The molecule has 0 saturated heterocycles. The molecule has 0 heterocycles. The number of ether oxygens (including phenoxy) is 3. The molecule has 0 aromatic carbocycles. The highest BCUT2D eigenvalue weighted by Crippen LogP contribution is 2.17. The van der Waals surface area contributed by atoms with Crippen LogP contribution in [0, 0.1) is 0 Å². The Labute approximate surface area is 501 Å². The highest BCUT2D eigenvalue weighted by molar-refractivity contribution is 5.71. The summed E-state index contributed by atoms with van der Waals surface area (Å²) in [5, 5.41) is 0. The quantitative estimate of drug-likeness (QED) is 0.0261. The van der Waals surface area contributed by atoms with Crippen molar-refractivity contribution in [2.75, 3.05) is 13.2 Å². The van der Waals surface area contributed by atoms with Gasteiger partial charge in [-0.15, -0.1) is 0 Å². The molecule has 0 fully saturated rings. The summed E-state index contributed by atoms with van der Waals surface area (Å²) >= 11 is 0. The Morgan fingerprint density at radius 3 is 0.852 bits per heavy atom. The lowest BCUT2D eigenvalue weighted by Gasteiger charge is -2.18. The summed E-state index contributed by atoms with van der Waals surface area (Å²) < 4.78 is 16.9. The van der Waals surface area contributed by atoms with Gasteiger partial charge in [-0.1, -0.05) is 304 Å². The van der Waals surface area contributed by atoms with E-state index in [4.69, 9.17) is 14.2 Å². The third-order valence-electron chi connectivity index (χ3n) is 14.7. The monoisotopic (exact) mass is 1120 g/mol. The van der Waals surface area contributed by atoms with Crippen molar-refractivity contribution in [2.45, 2.75) is 335 Å². The van der Waals surface area contributed by atoms with Gasteiger partial charge in [0.15, 0.2) is 6.10 Å². The maximum absolute atomic E-state index is 12.9. The summed E-state index contributed by atoms with van der Waals surface area (Å²) in [6.07, 6.45) is 94.2. The molecule has 6 nitrogen and oxygen atoms in total. The molecule has 1 atom stereocenters. The van der Waals surface area contributed by atoms with Gasteiger partial charge in [0.2, 0.25) is 0 Å². The van der Waals surface area contributed by atoms with E-state index >= 15 is 0 Å². The van der Waals surface area contributed by atoms with Crippen LogP contribution in [0.1, 0.15) is 329 Å². The summed E-state index contributed by atoms with van der Waals surface area (Å²) in [4.78, 5) is 38.3. The largest absolute Gasteiger partial charge is 0.462 e. The van der Waals surface area contributed by atoms with Gasteiger partial charge in [0.1, 0.15) is 13.2 Å². The molecule has 0 amide bonds. The second-order valence-corrected chi connectivity index (χ2v) is 22.7. The first-order valence-corrected chi connectivity index (χ1v) is 34.4. The summed E-state index contributed by atoms with van der Waals surface area (Å²) in [6, 6.07) is 0. The molecular formula is C75H128O6. The number of allylic oxidation sites excluding steroid dienone is 18. The minimum atomic E-state index is -0.812. The molecule has 0 N–H and O–H groups in total. The predicted octanol–water partition coefficient (Wildman–Crippen LogP) is 23.8. The SMILES string of the molecule is CC/C=C\C/C=C\C/C=C\C/C=C\CCC(=O)OCC(COC(=O)CCCCCCCCCCCCCCCCCCCC/C=C\C/C=C\C/C=C\CCCCCCC)OC(=O)CCCCCCCCC/C=C\C/C=C\CCCCC. The number of unbranched alkanes of at least 4 members (excludes halogenated alkanes) is 33. The molecule has 0 aromatic heterocycles. The molecule has 464 valence electrons. The average Bonchev–Trinajstić information content (AvgIpc) is 3.46. The summed E-state index contributed by atoms with van der Waals surface area (Å²) in [6.45, 7) is 6.44. The lowest BCUT2D eigenvalue weighted by atomic mass is 10.0. The molecule has 0 saturated carbocycles. The van der Waals surface area contributed by atoms with Crippen LogP contribution in [0.3, 0.4) is 0 Å². The zero-order valence-electron chi connectivity index (χ0n) is 53.3. The highest BCUT2D eigenvalue weighted by Gasteiger charge is 2.19. The number of hydrogen-bond acceptors (Lipinski definition) is 6. The van der Waals surface area contributed by atoms with Gasteiger partial charge in [-0.25, -0.2) is 0 Å². The first-order chi connectivity index (χ1) is 40.0. The van der Waals surface area contributed by atoms with E-state index in [2.05, 4.69) is 124 Å². The second-order valence-electron chi connectivity index (χ2n) is 22.7. The number of esters is 3. The van der Waals surface area contributed by atoms with Crippen molar-refractivity contribution in [1.29, 1.82) is 0 Å². The highest BCUT2D eigenvalue weighted by atomic mass is 16.6. The zero-order valence-corrected chi connectivity index (χ0v) is 53.3. The summed E-state index contributed by atoms with van der Waals surface area (Å²) in [5.41, 5.74) is 0. The Kier molecular flexibility index (Phi) is 65.2. The molecule has 0 bridgehead atoms. The smallest absolute Gasteiger partial charge is 0.306 e. The maximum Gasteiger partial charge on any atom is 0.306 e. The van der Waals surface area contributed by atoms with Crippen molar-refractivity contribution in [2.24, 2.45) is 0 Å². The molecule has 1 unspecified atom stereocenters. The van der Waals surface area contributed by atoms with E-state index in [0.717, 1.165) is 89.9 Å². The van der Waals surface area contributed by atoms with Crippen LogP contribution in [0.15, 0.2) is 109 Å². The topological polar surface area (TPSA) is 78.9 Å². The lowest BCUT2D eigenvalue weighted by molar-refractivity contribution is -0.166. The van der Waals surface area contributed by atoms with Crippen molar-refractivity contribution >= 4 is 17.9 Å². The first-order valence-electron chi connectivity index (χ1n) is 34.4. The van der Waals surface area contributed by atoms with Crippen LogP contribution in [0.4, 0.5) is 0 Å². The normalized spacial score (nSPS) is 12.8. The van der Waals surface area contributed by atoms with Crippen molar-refractivity contribution in [3.8, 4) is 0 Å². The van der Waals surface area contributed by atoms with Crippen LogP contribution in [-0.2, 0) is 28.6 Å². The van der Waals surface area contributed by atoms with E-state index in [-0.39, 0.29) is 37.5 Å². The minimum Gasteiger partial charge on any atom is -0.462 e. The Hall–Kier alpha value is -3.93. The van der Waals surface area contributed by atoms with E-state index in [1.165, 1.54) is 193 Å². The lowest BCUT2D eigenvalue weighted by Crippen LogP contribution is -2.30. The van der Waals surface area contributed by atoms with Crippen molar-refractivity contribution in [3.63, 3.8) is 0 Å². The average molecular weight is 1130 g/mol. The standard InChI is InChI=1S/C75H128O6/c1-4-7-10-13-16-19-22-25-27-29-30-31-32-33-34-35-36-37-38-39-40-41-42-43-44-46-47-50-53-56-59-62-65-68-74(77)80-71-72(70-79-73(76)67-64-61-58-55-52-49-24-21-18-15-12-9-6-3)81-75(78)69-66-63-60-57-54-51-48-45-28-26-23-20-17-14-11-8-5-2/h9,12,17-18,20-22,25-26,28-30,32-33,49,52,58,61,72H,4-8,10-11,13-16,19,23-24,27,31,34-48,50-51,53-57,59-60,62-71H2,1-3H3/b12-9-,20-17-,21-18-,25-22-,28-26-,30-29-,33-32-,52-49-,61-58-. The molecule has 0 aliphatic carbocycles. The van der Waals surface area contributed by atoms with Crippen LogP contribution in [-0.4, -0.2) is 37.2 Å². The van der Waals surface area contributed by atoms with Crippen LogP contribution in [0.5, 0.6) is 0 Å². The van der Waals surface area contributed by atoms with E-state index in [9.17, 15) is 14.4 Å². The van der Waals surface area contributed by atoms with Gasteiger partial charge in [0, 0.05) is 19.3 Å². The van der Waals surface area contributed by atoms with E-state index < -0.39 is 6.10 Å². The van der Waals surface area contributed by atoms with Gasteiger partial charge in [-0.2, -0.15) is 0 Å². The maximum atomic E-state index is 12.9. The molecule has 0 aliphatic rings. The van der Waals surface area contributed by atoms with Gasteiger partial charge in [0.05, 0.1) is 0 Å². The third kappa shape index (κ3) is 66.8. The van der Waals surface area contributed by atoms with Crippen molar-refractivity contribution in [1.82, 2.24) is 0 Å². The fourth-order valence-electron chi connectivity index (χ4n) is 9.61. The van der Waals surface area contributed by atoms with Gasteiger partial charge in [-0.05, 0) is 116 Å². The van der Waals surface area contributed by atoms with Crippen molar-refractivity contribution < 1.29 is 28.6 Å². The van der Waals surface area contributed by atoms with Gasteiger partial charge in [0.25, 0.3) is 0 Å². The van der Waals surface area contributed by atoms with Gasteiger partial charge in [-0.3, -0.25) is 14.4 Å². The molecule has 81 heavy (non-hydrogen) atoms. The first kappa shape index (κ1) is 77.1. The zero-order chi connectivity index (χ0) is 58.5. The molecule has 0 spiro atoms. The molecule has 0 rings (SSSR count). The number of carbonyl (C=O) groups is 3. The van der Waals surface area contributed by atoms with Crippen LogP contribution < -0.4 is 0 Å². The molecular weight excluding hydrogens is 997 g/mol.